The summed E-state index contributed by atoms with van der Waals surface area (Å²) in [6, 6.07) is 24.6. The van der Waals surface area contributed by atoms with Crippen molar-refractivity contribution in [1.29, 1.82) is 0 Å². The van der Waals surface area contributed by atoms with Crippen LogP contribution in [0.25, 0.3) is 11.1 Å². The third kappa shape index (κ3) is 4.83. The maximum Gasteiger partial charge on any atom is 0.221 e. The minimum atomic E-state index is -0.133. The summed E-state index contributed by atoms with van der Waals surface area (Å²) in [5, 5.41) is 2.63. The minimum Gasteiger partial charge on any atom is -0.326 e. The van der Waals surface area contributed by atoms with Crippen LogP contribution in [-0.2, 0) is 4.79 Å². The number of hydrogen-bond donors (Lipinski definition) is 1. The molecule has 1 amide bonds. The molecular formula is C28H28NO2. The van der Waals surface area contributed by atoms with Gasteiger partial charge in [-0.3, -0.25) is 9.59 Å². The van der Waals surface area contributed by atoms with Gasteiger partial charge in [0, 0.05) is 38.4 Å². The van der Waals surface area contributed by atoms with Crippen molar-refractivity contribution in [1.82, 2.24) is 0 Å². The molecule has 31 heavy (non-hydrogen) atoms. The predicted molar refractivity (Wildman–Crippen MR) is 128 cm³/mol. The molecule has 0 aromatic heterocycles. The Balaban J connectivity index is 0.000000179. The molecule has 2 aliphatic carbocycles. The van der Waals surface area contributed by atoms with Gasteiger partial charge in [-0.1, -0.05) is 79.2 Å². The fraction of sp³-hybridized carbons (Fsp3) is 0.179. The van der Waals surface area contributed by atoms with Crippen LogP contribution >= 0.6 is 0 Å². The maximum atomic E-state index is 11.3. The first-order valence-electron chi connectivity index (χ1n) is 10.7. The second-order valence-corrected chi connectivity index (χ2v) is 7.88. The molecular weight excluding hydrogens is 382 g/mol. The number of hydrogen-bond acceptors (Lipinski definition) is 2. The van der Waals surface area contributed by atoms with Crippen LogP contribution in [0.1, 0.15) is 55.5 Å². The van der Waals surface area contributed by atoms with Crippen LogP contribution in [0.3, 0.4) is 0 Å². The van der Waals surface area contributed by atoms with Crippen molar-refractivity contribution in [2.24, 2.45) is 0 Å². The topological polar surface area (TPSA) is 46.2 Å². The van der Waals surface area contributed by atoms with Crippen LogP contribution < -0.4 is 5.32 Å². The van der Waals surface area contributed by atoms with Crippen molar-refractivity contribution in [3.05, 3.63) is 108 Å². The first-order chi connectivity index (χ1) is 15.1. The van der Waals surface area contributed by atoms with E-state index in [1.165, 1.54) is 34.8 Å². The molecule has 3 aromatic carbocycles. The molecule has 3 aromatic rings. The van der Waals surface area contributed by atoms with Crippen molar-refractivity contribution in [3.8, 4) is 11.1 Å². The maximum absolute atomic E-state index is 11.3. The van der Waals surface area contributed by atoms with E-state index in [1.54, 1.807) is 24.3 Å². The van der Waals surface area contributed by atoms with E-state index in [2.05, 4.69) is 66.3 Å². The lowest BCUT2D eigenvalue weighted by Gasteiger charge is -2.11. The zero-order valence-electron chi connectivity index (χ0n) is 17.9. The second-order valence-electron chi connectivity index (χ2n) is 7.88. The number of allylic oxidation sites excluding steroid dienone is 2. The summed E-state index contributed by atoms with van der Waals surface area (Å²) in [6.45, 7) is 3.25. The van der Waals surface area contributed by atoms with Crippen molar-refractivity contribution >= 4 is 17.4 Å². The van der Waals surface area contributed by atoms with Gasteiger partial charge in [-0.25, -0.2) is 0 Å². The molecule has 0 aliphatic heterocycles. The fourth-order valence-electron chi connectivity index (χ4n) is 4.09. The number of carbonyl (C=O) groups excluding carboxylic acids is 2. The average molecular weight is 411 g/mol. The molecule has 1 radical (unpaired) electrons. The molecule has 1 N–H and O–H groups in total. The lowest BCUT2D eigenvalue weighted by Crippen LogP contribution is -2.06. The van der Waals surface area contributed by atoms with E-state index in [9.17, 15) is 9.59 Å². The Labute approximate surface area is 185 Å². The Hall–Kier alpha value is -3.46. The van der Waals surface area contributed by atoms with Crippen LogP contribution in [0.4, 0.5) is 5.69 Å². The Morgan fingerprint density at radius 2 is 1.52 bits per heavy atom. The molecule has 3 nitrogen and oxygen atoms in total. The van der Waals surface area contributed by atoms with Crippen LogP contribution in [0.2, 0.25) is 0 Å². The largest absolute Gasteiger partial charge is 0.326 e. The highest BCUT2D eigenvalue weighted by Crippen LogP contribution is 2.48. The number of ketones is 1. The number of amides is 1. The van der Waals surface area contributed by atoms with Gasteiger partial charge in [0.1, 0.15) is 0 Å². The van der Waals surface area contributed by atoms with Crippen LogP contribution in [0.15, 0.2) is 84.4 Å². The summed E-state index contributed by atoms with van der Waals surface area (Å²) in [5.41, 5.74) is 8.64. The average Bonchev–Trinajstić information content (AvgIpc) is 3.56. The monoisotopic (exact) mass is 410 g/mol. The van der Waals surface area contributed by atoms with Gasteiger partial charge < -0.3 is 5.32 Å². The highest BCUT2D eigenvalue weighted by molar-refractivity contribution is 5.98. The molecule has 157 valence electrons. The first kappa shape index (κ1) is 20.8. The Morgan fingerprint density at radius 1 is 0.903 bits per heavy atom. The highest BCUT2D eigenvalue weighted by atomic mass is 16.1. The Morgan fingerprint density at radius 3 is 2.06 bits per heavy atom. The van der Waals surface area contributed by atoms with Gasteiger partial charge in [-0.15, -0.1) is 0 Å². The quantitative estimate of drug-likeness (QED) is 0.469. The summed E-state index contributed by atoms with van der Waals surface area (Å²) in [7, 11) is 0. The van der Waals surface area contributed by atoms with Crippen LogP contribution in [-0.4, -0.2) is 11.7 Å². The molecule has 3 heteroatoms. The molecule has 0 fully saturated rings. The van der Waals surface area contributed by atoms with Crippen molar-refractivity contribution in [3.63, 3.8) is 0 Å². The number of Topliss-reactive ketones (excluding diaryl/α,β-unsaturated/α-hetero) is 1. The highest BCUT2D eigenvalue weighted by Gasteiger charge is 2.29. The van der Waals surface area contributed by atoms with E-state index in [1.807, 2.05) is 6.92 Å². The zero-order valence-corrected chi connectivity index (χ0v) is 17.9. The molecule has 0 saturated carbocycles. The third-order valence-electron chi connectivity index (χ3n) is 5.63. The van der Waals surface area contributed by atoms with Gasteiger partial charge in [-0.05, 0) is 40.8 Å². The molecule has 2 aliphatic rings. The fourth-order valence-corrected chi connectivity index (χ4v) is 4.09. The number of benzene rings is 3. The second kappa shape index (κ2) is 9.13. The summed E-state index contributed by atoms with van der Waals surface area (Å²) < 4.78 is 0. The van der Waals surface area contributed by atoms with Crippen molar-refractivity contribution in [2.75, 3.05) is 5.32 Å². The van der Waals surface area contributed by atoms with E-state index in [-0.39, 0.29) is 13.1 Å². The van der Waals surface area contributed by atoms with Crippen molar-refractivity contribution < 1.29 is 11.0 Å². The minimum absolute atomic E-state index is 0. The number of rotatable bonds is 5. The molecule has 0 atom stereocenters. The SMILES string of the molecule is CCC(=O)c1cccc(NC(C)=O)c1.[CH]1C=C1CC1c2ccccc2-c2ccccc21.[HH]. The molecule has 0 saturated heterocycles. The van der Waals surface area contributed by atoms with Gasteiger partial charge in [0.15, 0.2) is 5.78 Å². The summed E-state index contributed by atoms with van der Waals surface area (Å²) in [6.07, 6.45) is 6.09. The lowest BCUT2D eigenvalue weighted by molar-refractivity contribution is -0.114. The molecule has 5 rings (SSSR count). The standard InChI is InChI=1S/C17H13.C11H13NO2.H2/c1-3-7-15-13(5-1)14-6-2-4-8-16(14)17(15)11-12-9-10-12;1-3-11(14)9-5-4-6-10(7-9)12-8(2)13;/h1-10,17H,11H2;4-7H,3H2,1-2H3,(H,12,13);1H. The summed E-state index contributed by atoms with van der Waals surface area (Å²) in [4.78, 5) is 22.1. The third-order valence-corrected chi connectivity index (χ3v) is 5.63. The van der Waals surface area contributed by atoms with Gasteiger partial charge in [0.25, 0.3) is 0 Å². The van der Waals surface area contributed by atoms with Gasteiger partial charge in [0.05, 0.1) is 0 Å². The number of nitrogens with one attached hydrogen (secondary N) is 1. The van der Waals surface area contributed by atoms with Crippen molar-refractivity contribution in [2.45, 2.75) is 32.6 Å². The Bertz CT molecular complexity index is 1120. The smallest absolute Gasteiger partial charge is 0.221 e. The molecule has 0 unspecified atom stereocenters. The normalized spacial score (nSPS) is 13.3. The van der Waals surface area contributed by atoms with Gasteiger partial charge in [-0.2, -0.15) is 0 Å². The molecule has 0 heterocycles. The predicted octanol–water partition coefficient (Wildman–Crippen LogP) is 6.82. The summed E-state index contributed by atoms with van der Waals surface area (Å²) >= 11 is 0. The van der Waals surface area contributed by atoms with Crippen LogP contribution in [0.5, 0.6) is 0 Å². The number of fused-ring (bicyclic) bond motifs is 3. The van der Waals surface area contributed by atoms with E-state index in [0.717, 1.165) is 6.42 Å². The van der Waals surface area contributed by atoms with E-state index < -0.39 is 0 Å². The number of carbonyl (C=O) groups is 2. The first-order valence-corrected chi connectivity index (χ1v) is 10.7. The lowest BCUT2D eigenvalue weighted by atomic mass is 9.92. The Kier molecular flexibility index (Phi) is 6.13. The summed E-state index contributed by atoms with van der Waals surface area (Å²) in [5.74, 6) is 0.510. The van der Waals surface area contributed by atoms with E-state index in [4.69, 9.17) is 0 Å². The van der Waals surface area contributed by atoms with Gasteiger partial charge >= 0.3 is 0 Å². The molecule has 0 bridgehead atoms. The van der Waals surface area contributed by atoms with Gasteiger partial charge in [0.2, 0.25) is 5.91 Å². The molecule has 0 spiro atoms. The zero-order chi connectivity index (χ0) is 21.8. The number of anilines is 1. The van der Waals surface area contributed by atoms with E-state index >= 15 is 0 Å². The van der Waals surface area contributed by atoms with Crippen LogP contribution in [0, 0.1) is 6.42 Å². The van der Waals surface area contributed by atoms with E-state index in [0.29, 0.717) is 23.6 Å².